The number of carboxylic acid groups (broad SMARTS) is 1. The number of piperazine rings is 1. The van der Waals surface area contributed by atoms with Crippen LogP contribution in [0.2, 0.25) is 0 Å². The van der Waals surface area contributed by atoms with Gasteiger partial charge in [0.25, 0.3) is 0 Å². The Morgan fingerprint density at radius 3 is 2.50 bits per heavy atom. The molecule has 1 atom stereocenters. The van der Waals surface area contributed by atoms with Crippen molar-refractivity contribution in [2.45, 2.75) is 64.1 Å². The summed E-state index contributed by atoms with van der Waals surface area (Å²) in [7, 11) is 1.72. The number of anilines is 1. The number of rotatable bonds is 10. The van der Waals surface area contributed by atoms with Crippen LogP contribution in [0.4, 0.5) is 5.69 Å². The number of H-pyrrole nitrogens is 1. The van der Waals surface area contributed by atoms with Crippen LogP contribution in [0.15, 0.2) is 91.3 Å². The van der Waals surface area contributed by atoms with Crippen molar-refractivity contribution in [2.24, 2.45) is 5.41 Å². The van der Waals surface area contributed by atoms with Gasteiger partial charge in [0.1, 0.15) is 28.5 Å². The van der Waals surface area contributed by atoms with Crippen molar-refractivity contribution in [3.8, 4) is 17.2 Å². The quantitative estimate of drug-likeness (QED) is 0.150. The van der Waals surface area contributed by atoms with Gasteiger partial charge in [0, 0.05) is 74.7 Å². The summed E-state index contributed by atoms with van der Waals surface area (Å²) in [6, 6.07) is 27.9. The van der Waals surface area contributed by atoms with Crippen molar-refractivity contribution in [2.75, 3.05) is 44.7 Å². The van der Waals surface area contributed by atoms with Crippen molar-refractivity contribution in [1.29, 1.82) is 0 Å². The van der Waals surface area contributed by atoms with Gasteiger partial charge in [0.2, 0.25) is 0 Å². The van der Waals surface area contributed by atoms with Gasteiger partial charge in [0.05, 0.1) is 13.3 Å². The van der Waals surface area contributed by atoms with Gasteiger partial charge in [-0.3, -0.25) is 9.80 Å². The van der Waals surface area contributed by atoms with E-state index in [0.717, 1.165) is 74.6 Å². The molecule has 2 saturated heterocycles. The minimum absolute atomic E-state index is 0.144. The first-order chi connectivity index (χ1) is 25.3. The third-order valence-electron chi connectivity index (χ3n) is 11.8. The molecular weight excluding hydrogens is 651 g/mol. The van der Waals surface area contributed by atoms with Crippen molar-refractivity contribution < 1.29 is 19.4 Å². The summed E-state index contributed by atoms with van der Waals surface area (Å²) in [4.78, 5) is 27.5. The van der Waals surface area contributed by atoms with Crippen LogP contribution < -0.4 is 14.4 Å². The normalized spacial score (nSPS) is 19.6. The van der Waals surface area contributed by atoms with Crippen LogP contribution >= 0.6 is 0 Å². The lowest BCUT2D eigenvalue weighted by molar-refractivity contribution is -0.0628. The summed E-state index contributed by atoms with van der Waals surface area (Å²) >= 11 is 0. The molecule has 52 heavy (non-hydrogen) atoms. The molecule has 0 bridgehead atoms. The molecule has 9 heteroatoms. The van der Waals surface area contributed by atoms with E-state index in [1.54, 1.807) is 19.4 Å². The van der Waals surface area contributed by atoms with E-state index in [9.17, 15) is 9.90 Å². The molecule has 3 aliphatic rings. The SMILES string of the molecule is COc1ccc(CN2CCN(C3CC4(CCN(c5ccc(C(=O)O)c(Oc6cnc7[nH]ccc7c6)c5)CC4)C3)[C@H](c3ccccc3C(C)C)C2)cc1. The zero-order valence-electron chi connectivity index (χ0n) is 30.4. The Morgan fingerprint density at radius 2 is 1.75 bits per heavy atom. The highest BCUT2D eigenvalue weighted by Crippen LogP contribution is 2.53. The minimum Gasteiger partial charge on any atom is -0.497 e. The molecule has 3 aromatic carbocycles. The van der Waals surface area contributed by atoms with Crippen LogP contribution in [-0.2, 0) is 6.54 Å². The molecule has 270 valence electrons. The van der Waals surface area contributed by atoms with Crippen LogP contribution in [0.5, 0.6) is 17.2 Å². The second-order valence-electron chi connectivity index (χ2n) is 15.3. The summed E-state index contributed by atoms with van der Waals surface area (Å²) in [5.74, 6) is 1.22. The lowest BCUT2D eigenvalue weighted by Gasteiger charge is -2.58. The van der Waals surface area contributed by atoms with E-state index < -0.39 is 5.97 Å². The second kappa shape index (κ2) is 14.3. The fraction of sp³-hybridized carbons (Fsp3) is 0.395. The first-order valence-corrected chi connectivity index (χ1v) is 18.7. The van der Waals surface area contributed by atoms with Crippen LogP contribution in [-0.4, -0.2) is 76.7 Å². The Kier molecular flexibility index (Phi) is 9.40. The number of aromatic nitrogens is 2. The van der Waals surface area contributed by atoms with E-state index in [0.29, 0.717) is 34.9 Å². The molecule has 1 saturated carbocycles. The highest BCUT2D eigenvalue weighted by atomic mass is 16.5. The maximum atomic E-state index is 12.1. The molecule has 0 radical (unpaired) electrons. The zero-order chi connectivity index (χ0) is 35.8. The number of carboxylic acids is 1. The number of aromatic carboxylic acids is 1. The standard InChI is InChI=1S/C43H49N5O4/c1-29(2)36-6-4-5-7-37(36)39-28-46(27-30-8-11-34(51-3)12-9-30)20-21-48(39)33-24-43(25-33)15-18-47(19-16-43)32-10-13-38(42(49)50)40(23-32)52-35-22-31-14-17-44-41(31)45-26-35/h4-14,17,22-23,26,29,33,39H,15-16,18-21,24-25,27-28H2,1-3H3,(H,44,45)(H,49,50)/t39-/m0/s1. The van der Waals surface area contributed by atoms with Crippen molar-refractivity contribution >= 4 is 22.7 Å². The third-order valence-corrected chi connectivity index (χ3v) is 11.8. The lowest BCUT2D eigenvalue weighted by atomic mass is 9.59. The van der Waals surface area contributed by atoms with Crippen LogP contribution in [0.1, 0.15) is 78.5 Å². The third kappa shape index (κ3) is 6.87. The first kappa shape index (κ1) is 34.2. The number of nitrogens with zero attached hydrogens (tertiary/aromatic N) is 4. The average molecular weight is 700 g/mol. The molecule has 2 N–H and O–H groups in total. The predicted molar refractivity (Wildman–Crippen MR) is 205 cm³/mol. The number of piperidine rings is 1. The van der Waals surface area contributed by atoms with E-state index in [2.05, 4.69) is 87.0 Å². The Morgan fingerprint density at radius 1 is 0.962 bits per heavy atom. The number of aromatic amines is 1. The van der Waals surface area contributed by atoms with Gasteiger partial charge in [-0.1, -0.05) is 50.2 Å². The first-order valence-electron chi connectivity index (χ1n) is 18.7. The van der Waals surface area contributed by atoms with E-state index in [-0.39, 0.29) is 5.56 Å². The average Bonchev–Trinajstić information content (AvgIpc) is 3.62. The molecule has 0 amide bonds. The minimum atomic E-state index is -1.01. The molecule has 4 heterocycles. The number of pyridine rings is 1. The number of carbonyl (C=O) groups is 1. The fourth-order valence-corrected chi connectivity index (χ4v) is 8.93. The second-order valence-corrected chi connectivity index (χ2v) is 15.3. The molecular formula is C43H49N5O4. The summed E-state index contributed by atoms with van der Waals surface area (Å²) in [6.07, 6.45) is 8.20. The Labute approximate surface area is 306 Å². The number of fused-ring (bicyclic) bond motifs is 1. The smallest absolute Gasteiger partial charge is 0.339 e. The van der Waals surface area contributed by atoms with Gasteiger partial charge >= 0.3 is 5.97 Å². The van der Waals surface area contributed by atoms with Crippen molar-refractivity contribution in [3.05, 3.63) is 114 Å². The monoisotopic (exact) mass is 699 g/mol. The maximum absolute atomic E-state index is 12.1. The van der Waals surface area contributed by atoms with E-state index in [1.165, 1.54) is 29.5 Å². The topological polar surface area (TPSA) is 94.2 Å². The highest BCUT2D eigenvalue weighted by molar-refractivity contribution is 5.92. The zero-order valence-corrected chi connectivity index (χ0v) is 30.4. The Balaban J connectivity index is 0.945. The van der Waals surface area contributed by atoms with Gasteiger partial charge < -0.3 is 24.5 Å². The van der Waals surface area contributed by atoms with E-state index >= 15 is 0 Å². The molecule has 0 unspecified atom stereocenters. The molecule has 2 aromatic heterocycles. The molecule has 1 spiro atoms. The Bertz CT molecular complexity index is 2030. The van der Waals surface area contributed by atoms with Gasteiger partial charge in [-0.05, 0) is 90.1 Å². The van der Waals surface area contributed by atoms with E-state index in [1.807, 2.05) is 30.5 Å². The van der Waals surface area contributed by atoms with Gasteiger partial charge in [-0.2, -0.15) is 0 Å². The summed E-state index contributed by atoms with van der Waals surface area (Å²) in [6.45, 7) is 10.6. The molecule has 9 nitrogen and oxygen atoms in total. The molecule has 1 aliphatic carbocycles. The molecule has 5 aromatic rings. The molecule has 3 fully saturated rings. The number of nitrogens with one attached hydrogen (secondary N) is 1. The van der Waals surface area contributed by atoms with Gasteiger partial charge in [-0.25, -0.2) is 9.78 Å². The fourth-order valence-electron chi connectivity index (χ4n) is 8.93. The van der Waals surface area contributed by atoms with Crippen LogP contribution in [0.25, 0.3) is 11.0 Å². The summed E-state index contributed by atoms with van der Waals surface area (Å²) in [5.41, 5.74) is 6.55. The van der Waals surface area contributed by atoms with Gasteiger partial charge in [0.15, 0.2) is 0 Å². The summed E-state index contributed by atoms with van der Waals surface area (Å²) < 4.78 is 11.6. The number of methoxy groups -OCH3 is 1. The number of benzene rings is 3. The number of ether oxygens (including phenoxy) is 2. The maximum Gasteiger partial charge on any atom is 0.339 e. The largest absolute Gasteiger partial charge is 0.497 e. The van der Waals surface area contributed by atoms with Crippen LogP contribution in [0.3, 0.4) is 0 Å². The predicted octanol–water partition coefficient (Wildman–Crippen LogP) is 8.49. The van der Waals surface area contributed by atoms with Crippen LogP contribution in [0, 0.1) is 5.41 Å². The lowest BCUT2D eigenvalue weighted by Crippen LogP contribution is -2.60. The number of hydrogen-bond donors (Lipinski definition) is 2. The summed E-state index contributed by atoms with van der Waals surface area (Å²) in [5, 5.41) is 10.8. The number of hydrogen-bond acceptors (Lipinski definition) is 7. The van der Waals surface area contributed by atoms with Crippen molar-refractivity contribution in [1.82, 2.24) is 19.8 Å². The Hall–Kier alpha value is -4.86. The highest BCUT2D eigenvalue weighted by Gasteiger charge is 2.50. The van der Waals surface area contributed by atoms with Gasteiger partial charge in [-0.15, -0.1) is 0 Å². The van der Waals surface area contributed by atoms with Crippen molar-refractivity contribution in [3.63, 3.8) is 0 Å². The van der Waals surface area contributed by atoms with E-state index in [4.69, 9.17) is 9.47 Å². The molecule has 8 rings (SSSR count). The molecule has 2 aliphatic heterocycles.